The third kappa shape index (κ3) is 4.20. The molecule has 1 unspecified atom stereocenters. The number of carbonyl (C=O) groups excluding carboxylic acids is 3. The minimum atomic E-state index is -0.152. The van der Waals surface area contributed by atoms with Crippen LogP contribution >= 0.6 is 0 Å². The quantitative estimate of drug-likeness (QED) is 0.545. The predicted octanol–water partition coefficient (Wildman–Crippen LogP) is 3.68. The molecule has 3 rings (SSSR count). The molecule has 0 spiro atoms. The molecule has 1 fully saturated rings. The van der Waals surface area contributed by atoms with Gasteiger partial charge in [-0.3, -0.25) is 4.79 Å². The number of amides is 3. The maximum atomic E-state index is 13.0. The van der Waals surface area contributed by atoms with E-state index in [0.717, 1.165) is 30.5 Å². The Morgan fingerprint density at radius 2 is 1.68 bits per heavy atom. The van der Waals surface area contributed by atoms with Crippen LogP contribution in [0.5, 0.6) is 0 Å². The van der Waals surface area contributed by atoms with Crippen molar-refractivity contribution in [1.29, 1.82) is 0 Å². The van der Waals surface area contributed by atoms with Gasteiger partial charge in [0.2, 0.25) is 5.91 Å². The van der Waals surface area contributed by atoms with Crippen molar-refractivity contribution >= 4 is 23.9 Å². The molecule has 2 atom stereocenters. The van der Waals surface area contributed by atoms with E-state index in [4.69, 9.17) is 0 Å². The van der Waals surface area contributed by atoms with Gasteiger partial charge < -0.3 is 4.90 Å². The molecule has 0 N–H and O–H groups in total. The van der Waals surface area contributed by atoms with E-state index in [1.54, 1.807) is 4.90 Å². The van der Waals surface area contributed by atoms with E-state index < -0.39 is 0 Å². The summed E-state index contributed by atoms with van der Waals surface area (Å²) in [6, 6.07) is 19.3. The third-order valence-corrected chi connectivity index (χ3v) is 5.69. The van der Waals surface area contributed by atoms with Crippen molar-refractivity contribution < 1.29 is 18.9 Å². The van der Waals surface area contributed by atoms with E-state index in [1.165, 1.54) is 0 Å². The number of imide groups is 1. The number of rotatable bonds is 7. The second kappa shape index (κ2) is 8.93. The first-order chi connectivity index (χ1) is 13.6. The summed E-state index contributed by atoms with van der Waals surface area (Å²) in [5, 5.41) is 0. The van der Waals surface area contributed by atoms with Gasteiger partial charge in [0.05, 0.1) is 19.5 Å². The Balaban J connectivity index is 1.73. The van der Waals surface area contributed by atoms with Crippen molar-refractivity contribution in [2.45, 2.75) is 45.2 Å². The number of benzene rings is 2. The molecule has 0 aromatic heterocycles. The number of quaternary nitrogens is 1. The largest absolute Gasteiger partial charge is 0.321 e. The fraction of sp³-hybridized carbons (Fsp3) is 0.348. The van der Waals surface area contributed by atoms with Crippen molar-refractivity contribution in [2.75, 3.05) is 11.4 Å². The number of anilines is 1. The van der Waals surface area contributed by atoms with Crippen molar-refractivity contribution in [2.24, 2.45) is 0 Å². The van der Waals surface area contributed by atoms with Gasteiger partial charge in [0, 0.05) is 24.9 Å². The molecule has 28 heavy (non-hydrogen) atoms. The van der Waals surface area contributed by atoms with Crippen LogP contribution in [0.3, 0.4) is 0 Å². The summed E-state index contributed by atoms with van der Waals surface area (Å²) in [5.41, 5.74) is 1.83. The maximum Gasteiger partial charge on any atom is 0.321 e. The van der Waals surface area contributed by atoms with Gasteiger partial charge in [-0.25, -0.2) is 9.59 Å². The Kier molecular flexibility index (Phi) is 6.37. The van der Waals surface area contributed by atoms with E-state index >= 15 is 0 Å². The molecule has 2 aromatic rings. The third-order valence-electron chi connectivity index (χ3n) is 5.69. The Morgan fingerprint density at radius 3 is 2.25 bits per heavy atom. The summed E-state index contributed by atoms with van der Waals surface area (Å²) < 4.78 is -0.142. The monoisotopic (exact) mass is 379 g/mol. The molecular weight excluding hydrogens is 352 g/mol. The highest BCUT2D eigenvalue weighted by atomic mass is 16.2. The highest BCUT2D eigenvalue weighted by Gasteiger charge is 2.45. The second-order valence-electron chi connectivity index (χ2n) is 7.45. The van der Waals surface area contributed by atoms with E-state index in [2.05, 4.69) is 0 Å². The van der Waals surface area contributed by atoms with Gasteiger partial charge >= 0.3 is 12.3 Å². The van der Waals surface area contributed by atoms with Crippen LogP contribution < -0.4 is 4.90 Å². The molecule has 0 saturated carbocycles. The molecule has 1 aliphatic heterocycles. The van der Waals surface area contributed by atoms with Crippen LogP contribution in [0.15, 0.2) is 60.7 Å². The van der Waals surface area contributed by atoms with Gasteiger partial charge in [-0.15, -0.1) is 0 Å². The zero-order chi connectivity index (χ0) is 20.0. The molecule has 1 aliphatic rings. The van der Waals surface area contributed by atoms with Gasteiger partial charge in [0.15, 0.2) is 0 Å². The summed E-state index contributed by atoms with van der Waals surface area (Å²) in [5.74, 6) is -0.264. The SMILES string of the molecule is C[C@@H]1CCC[N+]1(C=O)C(=O)CCC(=O)N(Cc1ccccc1)c1ccccc1. The molecule has 0 aliphatic carbocycles. The van der Waals surface area contributed by atoms with Crippen LogP contribution in [0.25, 0.3) is 0 Å². The van der Waals surface area contributed by atoms with Gasteiger partial charge in [0.1, 0.15) is 6.04 Å². The van der Waals surface area contributed by atoms with Gasteiger partial charge in [-0.1, -0.05) is 48.5 Å². The van der Waals surface area contributed by atoms with Crippen molar-refractivity contribution in [3.8, 4) is 0 Å². The standard InChI is InChI=1S/C23H27N2O3/c1-19-9-8-16-25(19,18-26)23(28)15-14-22(27)24(21-12-6-3-7-13-21)17-20-10-4-2-5-11-20/h2-7,10-13,18-19H,8-9,14-17H2,1H3/q+1/t19-,25?/m1/s1. The number of nitrogens with zero attached hydrogens (tertiary/aromatic N) is 2. The molecule has 0 radical (unpaired) electrons. The minimum absolute atomic E-state index is 0.00496. The lowest BCUT2D eigenvalue weighted by molar-refractivity contribution is -0.780. The molecule has 1 heterocycles. The first-order valence-electron chi connectivity index (χ1n) is 9.83. The molecule has 2 aromatic carbocycles. The number of para-hydroxylation sites is 1. The van der Waals surface area contributed by atoms with E-state index in [1.807, 2.05) is 67.6 Å². The molecular formula is C23H27N2O3+. The lowest BCUT2D eigenvalue weighted by atomic mass is 10.1. The number of hydrogen-bond donors (Lipinski definition) is 0. The van der Waals surface area contributed by atoms with Crippen LogP contribution in [0, 0.1) is 0 Å². The van der Waals surface area contributed by atoms with Crippen molar-refractivity contribution in [3.63, 3.8) is 0 Å². The van der Waals surface area contributed by atoms with Gasteiger partial charge in [0.25, 0.3) is 0 Å². The van der Waals surface area contributed by atoms with Crippen LogP contribution in [0.2, 0.25) is 0 Å². The zero-order valence-electron chi connectivity index (χ0n) is 16.3. The summed E-state index contributed by atoms with van der Waals surface area (Å²) in [7, 11) is 0. The van der Waals surface area contributed by atoms with Crippen LogP contribution in [-0.2, 0) is 20.9 Å². The molecule has 3 amide bonds. The minimum Gasteiger partial charge on any atom is -0.308 e. The van der Waals surface area contributed by atoms with Crippen LogP contribution in [0.1, 0.15) is 38.2 Å². The normalized spacial score (nSPS) is 21.2. The fourth-order valence-electron chi connectivity index (χ4n) is 3.94. The Bertz CT molecular complexity index is 822. The average molecular weight is 379 g/mol. The van der Waals surface area contributed by atoms with E-state index in [0.29, 0.717) is 13.1 Å². The van der Waals surface area contributed by atoms with E-state index in [9.17, 15) is 14.4 Å². The number of hydrogen-bond acceptors (Lipinski definition) is 3. The summed E-state index contributed by atoms with van der Waals surface area (Å²) in [6.07, 6.45) is 2.68. The molecule has 0 bridgehead atoms. The van der Waals surface area contributed by atoms with E-state index in [-0.39, 0.29) is 35.2 Å². The summed E-state index contributed by atoms with van der Waals surface area (Å²) >= 11 is 0. The van der Waals surface area contributed by atoms with Crippen molar-refractivity contribution in [1.82, 2.24) is 0 Å². The van der Waals surface area contributed by atoms with Gasteiger partial charge in [-0.05, 0) is 24.6 Å². The molecule has 5 heteroatoms. The summed E-state index contributed by atoms with van der Waals surface area (Å²) in [6.45, 7) is 2.93. The molecule has 5 nitrogen and oxygen atoms in total. The zero-order valence-corrected chi connectivity index (χ0v) is 16.3. The predicted molar refractivity (Wildman–Crippen MR) is 108 cm³/mol. The van der Waals surface area contributed by atoms with Crippen molar-refractivity contribution in [3.05, 3.63) is 66.2 Å². The van der Waals surface area contributed by atoms with Crippen LogP contribution in [-0.4, -0.2) is 35.3 Å². The van der Waals surface area contributed by atoms with Crippen LogP contribution in [0.4, 0.5) is 5.69 Å². The highest BCUT2D eigenvalue weighted by molar-refractivity contribution is 5.95. The first kappa shape index (κ1) is 20.0. The first-order valence-corrected chi connectivity index (χ1v) is 9.83. The summed E-state index contributed by atoms with van der Waals surface area (Å²) in [4.78, 5) is 39.2. The second-order valence-corrected chi connectivity index (χ2v) is 7.45. The highest BCUT2D eigenvalue weighted by Crippen LogP contribution is 2.27. The Morgan fingerprint density at radius 1 is 1.04 bits per heavy atom. The maximum absolute atomic E-state index is 13.0. The van der Waals surface area contributed by atoms with Gasteiger partial charge in [-0.2, -0.15) is 4.48 Å². The molecule has 146 valence electrons. The number of carbonyl (C=O) groups is 3. The smallest absolute Gasteiger partial charge is 0.308 e. The fourth-order valence-corrected chi connectivity index (χ4v) is 3.94. The molecule has 1 saturated heterocycles. The average Bonchev–Trinajstić information content (AvgIpc) is 3.13. The Labute approximate surface area is 166 Å². The lowest BCUT2D eigenvalue weighted by Gasteiger charge is -2.29. The lowest BCUT2D eigenvalue weighted by Crippen LogP contribution is -2.54. The number of likely N-dealkylation sites (tertiary alicyclic amines) is 1. The topological polar surface area (TPSA) is 54.5 Å². The Hall–Kier alpha value is -2.79.